The van der Waals surface area contributed by atoms with Crippen LogP contribution in [0, 0.1) is 0 Å². The van der Waals surface area contributed by atoms with Gasteiger partial charge in [-0.1, -0.05) is 41.5 Å². The van der Waals surface area contributed by atoms with Crippen molar-refractivity contribution in [3.63, 3.8) is 0 Å². The number of hydrogen-bond acceptors (Lipinski definition) is 2. The highest BCUT2D eigenvalue weighted by Gasteiger charge is 2.43. The van der Waals surface area contributed by atoms with Crippen LogP contribution in [0.4, 0.5) is 0 Å². The molecule has 0 saturated heterocycles. The summed E-state index contributed by atoms with van der Waals surface area (Å²) in [5, 5.41) is 0.472. The van der Waals surface area contributed by atoms with E-state index in [1.165, 1.54) is 6.42 Å². The van der Waals surface area contributed by atoms with Crippen molar-refractivity contribution in [2.45, 2.75) is 103 Å². The minimum atomic E-state index is -1.79. The first kappa shape index (κ1) is 20.0. The maximum absolute atomic E-state index is 6.68. The van der Waals surface area contributed by atoms with Gasteiger partial charge in [0, 0.05) is 0 Å². The fraction of sp³-hybridized carbons (Fsp3) is 0.889. The Labute approximate surface area is 140 Å². The van der Waals surface area contributed by atoms with Crippen LogP contribution in [0.3, 0.4) is 0 Å². The van der Waals surface area contributed by atoms with Crippen molar-refractivity contribution in [2.24, 2.45) is 0 Å². The van der Waals surface area contributed by atoms with Gasteiger partial charge in [0.25, 0.3) is 0 Å². The predicted molar refractivity (Wildman–Crippen MR) is 102 cm³/mol. The zero-order valence-corrected chi connectivity index (χ0v) is 18.6. The van der Waals surface area contributed by atoms with Gasteiger partial charge in [0.15, 0.2) is 8.32 Å². The predicted octanol–water partition coefficient (Wildman–Crippen LogP) is 6.47. The molecular weight excluding hydrogens is 304 g/mol. The average molecular weight is 343 g/mol. The van der Waals surface area contributed by atoms with Gasteiger partial charge in [0.1, 0.15) is 11.9 Å². The third kappa shape index (κ3) is 4.71. The lowest BCUT2D eigenvalue weighted by Crippen LogP contribution is -2.47. The van der Waals surface area contributed by atoms with E-state index in [1.54, 1.807) is 0 Å². The van der Waals surface area contributed by atoms with Gasteiger partial charge in [-0.3, -0.25) is 0 Å². The molecule has 0 amide bonds. The van der Waals surface area contributed by atoms with Crippen molar-refractivity contribution < 1.29 is 8.85 Å². The van der Waals surface area contributed by atoms with Crippen molar-refractivity contribution in [2.75, 3.05) is 0 Å². The van der Waals surface area contributed by atoms with Gasteiger partial charge >= 0.3 is 0 Å². The maximum atomic E-state index is 6.68. The molecule has 0 aliphatic heterocycles. The van der Waals surface area contributed by atoms with E-state index in [1.807, 2.05) is 0 Å². The largest absolute Gasteiger partial charge is 0.545 e. The molecule has 130 valence electrons. The Hall–Kier alpha value is -0.0662. The second-order valence-corrected chi connectivity index (χ2v) is 19.2. The van der Waals surface area contributed by atoms with Gasteiger partial charge in [-0.15, -0.1) is 0 Å². The topological polar surface area (TPSA) is 18.5 Å². The molecule has 1 rings (SSSR count). The smallest absolute Gasteiger partial charge is 0.250 e. The van der Waals surface area contributed by atoms with Crippen LogP contribution in [-0.2, 0) is 8.85 Å². The first-order valence-corrected chi connectivity index (χ1v) is 14.6. The van der Waals surface area contributed by atoms with Crippen LogP contribution in [0.5, 0.6) is 0 Å². The van der Waals surface area contributed by atoms with Crippen molar-refractivity contribution in [3.8, 4) is 0 Å². The van der Waals surface area contributed by atoms with Crippen molar-refractivity contribution in [3.05, 3.63) is 11.8 Å². The standard InChI is InChI=1S/C18H38O2Si2/c1-17(2,3)21(7,8)19-15-13-11-12-14-16(15)20-22(9,10)18(4,5)6/h13,16H,11-12,14H2,1-10H3. The van der Waals surface area contributed by atoms with Crippen LogP contribution in [-0.4, -0.2) is 22.7 Å². The molecule has 0 heterocycles. The fourth-order valence-corrected chi connectivity index (χ4v) is 4.43. The summed E-state index contributed by atoms with van der Waals surface area (Å²) in [6, 6.07) is 0. The summed E-state index contributed by atoms with van der Waals surface area (Å²) in [7, 11) is -3.55. The van der Waals surface area contributed by atoms with Crippen LogP contribution in [0.2, 0.25) is 36.3 Å². The van der Waals surface area contributed by atoms with Crippen LogP contribution >= 0.6 is 0 Å². The maximum Gasteiger partial charge on any atom is 0.250 e. The van der Waals surface area contributed by atoms with Crippen LogP contribution in [0.25, 0.3) is 0 Å². The van der Waals surface area contributed by atoms with Gasteiger partial charge in [0.05, 0.1) is 0 Å². The van der Waals surface area contributed by atoms with E-state index in [4.69, 9.17) is 8.85 Å². The normalized spacial score (nSPS) is 21.5. The van der Waals surface area contributed by atoms with Gasteiger partial charge in [-0.25, -0.2) is 0 Å². The first-order valence-electron chi connectivity index (χ1n) is 8.74. The molecule has 0 radical (unpaired) electrons. The Morgan fingerprint density at radius 2 is 1.41 bits per heavy atom. The highest BCUT2D eigenvalue weighted by atomic mass is 28.4. The summed E-state index contributed by atoms with van der Waals surface area (Å²) in [4.78, 5) is 0. The lowest BCUT2D eigenvalue weighted by atomic mass is 10.0. The van der Waals surface area contributed by atoms with Gasteiger partial charge < -0.3 is 8.85 Å². The van der Waals surface area contributed by atoms with E-state index < -0.39 is 16.6 Å². The van der Waals surface area contributed by atoms with Crippen LogP contribution in [0.1, 0.15) is 60.8 Å². The van der Waals surface area contributed by atoms with E-state index in [0.29, 0.717) is 0 Å². The van der Waals surface area contributed by atoms with Gasteiger partial charge in [0.2, 0.25) is 8.32 Å². The monoisotopic (exact) mass is 342 g/mol. The average Bonchev–Trinajstić information content (AvgIpc) is 2.28. The molecule has 0 bridgehead atoms. The molecule has 1 atom stereocenters. The molecule has 0 saturated carbocycles. The molecule has 0 N–H and O–H groups in total. The van der Waals surface area contributed by atoms with E-state index in [2.05, 4.69) is 73.8 Å². The van der Waals surface area contributed by atoms with E-state index >= 15 is 0 Å². The number of allylic oxidation sites excluding steroid dienone is 1. The summed E-state index contributed by atoms with van der Waals surface area (Å²) in [5.41, 5.74) is 0. The molecular formula is C18H38O2Si2. The SMILES string of the molecule is CC(C)(C)[Si](C)(C)OC1=CCCCC1O[Si](C)(C)C(C)(C)C. The number of rotatable bonds is 4. The Morgan fingerprint density at radius 1 is 0.909 bits per heavy atom. The van der Waals surface area contributed by atoms with Crippen molar-refractivity contribution in [1.29, 1.82) is 0 Å². The summed E-state index contributed by atoms with van der Waals surface area (Å²) < 4.78 is 13.3. The van der Waals surface area contributed by atoms with Crippen LogP contribution in [0.15, 0.2) is 11.8 Å². The Bertz CT molecular complexity index is 412. The Morgan fingerprint density at radius 3 is 1.86 bits per heavy atom. The summed E-state index contributed by atoms with van der Waals surface area (Å²) in [6.45, 7) is 23.1. The lowest BCUT2D eigenvalue weighted by Gasteiger charge is -2.43. The third-order valence-electron chi connectivity index (χ3n) is 5.76. The molecule has 4 heteroatoms. The Balaban J connectivity index is 2.92. The second-order valence-electron chi connectivity index (χ2n) is 9.77. The highest BCUT2D eigenvalue weighted by Crippen LogP contribution is 2.42. The van der Waals surface area contributed by atoms with E-state index in [0.717, 1.165) is 18.6 Å². The molecule has 0 aromatic carbocycles. The fourth-order valence-electron chi connectivity index (χ4n) is 2.03. The first-order chi connectivity index (χ1) is 9.67. The van der Waals surface area contributed by atoms with Gasteiger partial charge in [-0.2, -0.15) is 0 Å². The minimum Gasteiger partial charge on any atom is -0.545 e. The summed E-state index contributed by atoms with van der Waals surface area (Å²) >= 11 is 0. The molecule has 1 aliphatic carbocycles. The lowest BCUT2D eigenvalue weighted by molar-refractivity contribution is 0.143. The molecule has 0 fully saturated rings. The Kier molecular flexibility index (Phi) is 5.85. The zero-order chi connectivity index (χ0) is 17.4. The second kappa shape index (κ2) is 6.44. The third-order valence-corrected chi connectivity index (χ3v) is 14.6. The van der Waals surface area contributed by atoms with E-state index in [-0.39, 0.29) is 16.2 Å². The number of hydrogen-bond donors (Lipinski definition) is 0. The summed E-state index contributed by atoms with van der Waals surface area (Å²) in [5.74, 6) is 1.13. The molecule has 2 nitrogen and oxygen atoms in total. The van der Waals surface area contributed by atoms with Gasteiger partial charge in [-0.05, 0) is 61.6 Å². The van der Waals surface area contributed by atoms with Crippen molar-refractivity contribution >= 4 is 16.6 Å². The van der Waals surface area contributed by atoms with E-state index in [9.17, 15) is 0 Å². The molecule has 1 unspecified atom stereocenters. The van der Waals surface area contributed by atoms with Crippen molar-refractivity contribution in [1.82, 2.24) is 0 Å². The summed E-state index contributed by atoms with van der Waals surface area (Å²) in [6.07, 6.45) is 5.91. The minimum absolute atomic E-state index is 0.170. The zero-order valence-electron chi connectivity index (χ0n) is 16.6. The van der Waals surface area contributed by atoms with Crippen LogP contribution < -0.4 is 0 Å². The molecule has 0 aromatic heterocycles. The quantitative estimate of drug-likeness (QED) is 0.545. The molecule has 1 aliphatic rings. The molecule has 0 spiro atoms. The highest BCUT2D eigenvalue weighted by molar-refractivity contribution is 6.74. The molecule has 22 heavy (non-hydrogen) atoms. The molecule has 0 aromatic rings.